The highest BCUT2D eigenvalue weighted by atomic mass is 16.2. The molecule has 1 aliphatic heterocycles. The molecule has 0 bridgehead atoms. The molecule has 1 unspecified atom stereocenters. The van der Waals surface area contributed by atoms with E-state index in [1.165, 1.54) is 7.05 Å². The van der Waals surface area contributed by atoms with E-state index in [0.29, 0.717) is 13.1 Å². The molecule has 0 radical (unpaired) electrons. The van der Waals surface area contributed by atoms with Gasteiger partial charge < -0.3 is 16.0 Å². The van der Waals surface area contributed by atoms with Gasteiger partial charge in [0.15, 0.2) is 6.04 Å². The average Bonchev–Trinajstić information content (AvgIpc) is 2.26. The summed E-state index contributed by atoms with van der Waals surface area (Å²) in [5.41, 5.74) is 0. The molecule has 0 aliphatic carbocycles. The van der Waals surface area contributed by atoms with Crippen molar-refractivity contribution in [3.05, 3.63) is 0 Å². The van der Waals surface area contributed by atoms with Crippen LogP contribution < -0.4 is 21.3 Å². The monoisotopic (exact) mass is 214 g/mol. The van der Waals surface area contributed by atoms with Gasteiger partial charge in [0.05, 0.1) is 6.54 Å². The van der Waals surface area contributed by atoms with E-state index in [4.69, 9.17) is 0 Å². The summed E-state index contributed by atoms with van der Waals surface area (Å²) in [7, 11) is 1.47. The average molecular weight is 214 g/mol. The number of hydrogen-bond acceptors (Lipinski definition) is 4. The summed E-state index contributed by atoms with van der Waals surface area (Å²) in [6.45, 7) is 0.933. The lowest BCUT2D eigenvalue weighted by Crippen LogP contribution is -2.60. The third-order valence-corrected chi connectivity index (χ3v) is 2.00. The van der Waals surface area contributed by atoms with Crippen molar-refractivity contribution < 1.29 is 14.4 Å². The van der Waals surface area contributed by atoms with Gasteiger partial charge in [-0.05, 0) is 0 Å². The number of amides is 3. The number of likely N-dealkylation sites (N-methyl/N-ethyl adjacent to an activating group) is 1. The van der Waals surface area contributed by atoms with Crippen LogP contribution in [0.1, 0.15) is 0 Å². The molecule has 15 heavy (non-hydrogen) atoms. The fourth-order valence-corrected chi connectivity index (χ4v) is 1.17. The van der Waals surface area contributed by atoms with E-state index in [2.05, 4.69) is 21.3 Å². The van der Waals surface area contributed by atoms with Gasteiger partial charge in [0, 0.05) is 20.1 Å². The zero-order valence-electron chi connectivity index (χ0n) is 8.42. The number of carbonyl (C=O) groups is 3. The molecule has 1 aliphatic rings. The first-order valence-electron chi connectivity index (χ1n) is 4.64. The van der Waals surface area contributed by atoms with Crippen LogP contribution >= 0.6 is 0 Å². The third-order valence-electron chi connectivity index (χ3n) is 2.00. The maximum Gasteiger partial charge on any atom is 0.247 e. The normalized spacial score (nSPS) is 20.3. The van der Waals surface area contributed by atoms with Crippen LogP contribution in [0.3, 0.4) is 0 Å². The third kappa shape index (κ3) is 3.21. The highest BCUT2D eigenvalue weighted by molar-refractivity contribution is 6.05. The van der Waals surface area contributed by atoms with E-state index < -0.39 is 11.9 Å². The van der Waals surface area contributed by atoms with Gasteiger partial charge in [0.2, 0.25) is 17.7 Å². The van der Waals surface area contributed by atoms with Crippen molar-refractivity contribution in [2.45, 2.75) is 6.04 Å². The molecule has 0 saturated carbocycles. The second-order valence-electron chi connectivity index (χ2n) is 3.07. The Morgan fingerprint density at radius 2 is 2.20 bits per heavy atom. The standard InChI is InChI=1S/C8H14N4O3/c1-9-5(13)4-12-8(15)6-7(14)11-3-2-10-6/h6,10H,2-4H2,1H3,(H,9,13)(H,11,14)(H,12,15). The summed E-state index contributed by atoms with van der Waals surface area (Å²) in [5, 5.41) is 10.0. The molecule has 1 saturated heterocycles. The van der Waals surface area contributed by atoms with Crippen LogP contribution in [0.4, 0.5) is 0 Å². The quantitative estimate of drug-likeness (QED) is 0.375. The topological polar surface area (TPSA) is 99.3 Å². The molecule has 3 amide bonds. The molecular weight excluding hydrogens is 200 g/mol. The summed E-state index contributed by atoms with van der Waals surface area (Å²) in [5.74, 6) is -1.16. The molecule has 84 valence electrons. The number of carbonyl (C=O) groups excluding carboxylic acids is 3. The summed E-state index contributed by atoms with van der Waals surface area (Å²) in [6.07, 6.45) is 0. The number of nitrogens with one attached hydrogen (secondary N) is 4. The molecule has 0 aromatic carbocycles. The lowest BCUT2D eigenvalue weighted by Gasteiger charge is -2.22. The van der Waals surface area contributed by atoms with Gasteiger partial charge in [-0.3, -0.25) is 19.7 Å². The minimum absolute atomic E-state index is 0.124. The second kappa shape index (κ2) is 5.30. The van der Waals surface area contributed by atoms with E-state index in [1.807, 2.05) is 0 Å². The van der Waals surface area contributed by atoms with Crippen molar-refractivity contribution in [1.29, 1.82) is 0 Å². The van der Waals surface area contributed by atoms with Crippen LogP contribution in [0.2, 0.25) is 0 Å². The second-order valence-corrected chi connectivity index (χ2v) is 3.07. The molecule has 7 heteroatoms. The smallest absolute Gasteiger partial charge is 0.247 e. The summed E-state index contributed by atoms with van der Waals surface area (Å²) < 4.78 is 0. The summed E-state index contributed by atoms with van der Waals surface area (Å²) in [6, 6.07) is -0.900. The van der Waals surface area contributed by atoms with Crippen LogP contribution in [0, 0.1) is 0 Å². The van der Waals surface area contributed by atoms with Crippen molar-refractivity contribution in [1.82, 2.24) is 21.3 Å². The Labute approximate surface area is 87.0 Å². The van der Waals surface area contributed by atoms with E-state index in [-0.39, 0.29) is 18.4 Å². The SMILES string of the molecule is CNC(=O)CNC(=O)C1NCCNC1=O. The molecule has 1 fully saturated rings. The number of piperazine rings is 1. The maximum atomic E-state index is 11.4. The maximum absolute atomic E-state index is 11.4. The lowest BCUT2D eigenvalue weighted by atomic mass is 10.2. The van der Waals surface area contributed by atoms with Crippen LogP contribution in [-0.2, 0) is 14.4 Å². The lowest BCUT2D eigenvalue weighted by molar-refractivity contribution is -0.134. The van der Waals surface area contributed by atoms with E-state index in [9.17, 15) is 14.4 Å². The Kier molecular flexibility index (Phi) is 4.04. The van der Waals surface area contributed by atoms with Crippen molar-refractivity contribution in [3.8, 4) is 0 Å². The van der Waals surface area contributed by atoms with Gasteiger partial charge in [-0.2, -0.15) is 0 Å². The first-order chi connectivity index (χ1) is 7.15. The zero-order chi connectivity index (χ0) is 11.3. The minimum atomic E-state index is -0.900. The fraction of sp³-hybridized carbons (Fsp3) is 0.625. The molecule has 1 heterocycles. The van der Waals surface area contributed by atoms with Gasteiger partial charge >= 0.3 is 0 Å². The Hall–Kier alpha value is -1.63. The molecule has 7 nitrogen and oxygen atoms in total. The van der Waals surface area contributed by atoms with Crippen LogP contribution in [0.5, 0.6) is 0 Å². The minimum Gasteiger partial charge on any atom is -0.358 e. The van der Waals surface area contributed by atoms with Crippen molar-refractivity contribution in [2.75, 3.05) is 26.7 Å². The van der Waals surface area contributed by atoms with Crippen molar-refractivity contribution in [3.63, 3.8) is 0 Å². The van der Waals surface area contributed by atoms with Gasteiger partial charge in [-0.15, -0.1) is 0 Å². The Bertz CT molecular complexity index is 279. The van der Waals surface area contributed by atoms with E-state index in [1.54, 1.807) is 0 Å². The predicted molar refractivity (Wildman–Crippen MR) is 51.9 cm³/mol. The van der Waals surface area contributed by atoms with E-state index >= 15 is 0 Å². The first kappa shape index (κ1) is 11.4. The van der Waals surface area contributed by atoms with Gasteiger partial charge in [0.1, 0.15) is 0 Å². The molecule has 0 aromatic heterocycles. The number of rotatable bonds is 3. The van der Waals surface area contributed by atoms with Crippen molar-refractivity contribution >= 4 is 17.7 Å². The highest BCUT2D eigenvalue weighted by Gasteiger charge is 2.28. The molecular formula is C8H14N4O3. The van der Waals surface area contributed by atoms with Crippen LogP contribution in [0.25, 0.3) is 0 Å². The Morgan fingerprint density at radius 3 is 2.80 bits per heavy atom. The molecule has 4 N–H and O–H groups in total. The molecule has 0 aromatic rings. The van der Waals surface area contributed by atoms with Crippen molar-refractivity contribution in [2.24, 2.45) is 0 Å². The first-order valence-corrected chi connectivity index (χ1v) is 4.64. The van der Waals surface area contributed by atoms with Gasteiger partial charge in [-0.25, -0.2) is 0 Å². The zero-order valence-corrected chi connectivity index (χ0v) is 8.42. The molecule has 1 atom stereocenters. The van der Waals surface area contributed by atoms with E-state index in [0.717, 1.165) is 0 Å². The van der Waals surface area contributed by atoms with Crippen LogP contribution in [-0.4, -0.2) is 50.4 Å². The summed E-state index contributed by atoms with van der Waals surface area (Å²) >= 11 is 0. The molecule has 1 rings (SSSR count). The number of hydrogen-bond donors (Lipinski definition) is 4. The molecule has 0 spiro atoms. The van der Waals surface area contributed by atoms with Gasteiger partial charge in [-0.1, -0.05) is 0 Å². The van der Waals surface area contributed by atoms with Crippen LogP contribution in [0.15, 0.2) is 0 Å². The summed E-state index contributed by atoms with van der Waals surface area (Å²) in [4.78, 5) is 33.5. The largest absolute Gasteiger partial charge is 0.358 e. The Morgan fingerprint density at radius 1 is 1.47 bits per heavy atom. The Balaban J connectivity index is 2.38. The predicted octanol–water partition coefficient (Wildman–Crippen LogP) is -3.06. The highest BCUT2D eigenvalue weighted by Crippen LogP contribution is 1.89. The van der Waals surface area contributed by atoms with Gasteiger partial charge in [0.25, 0.3) is 0 Å². The fourth-order valence-electron chi connectivity index (χ4n) is 1.17.